The van der Waals surface area contributed by atoms with Crippen molar-refractivity contribution in [1.29, 1.82) is 0 Å². The van der Waals surface area contributed by atoms with Gasteiger partial charge in [-0.2, -0.15) is 0 Å². The van der Waals surface area contributed by atoms with Gasteiger partial charge in [-0.1, -0.05) is 12.1 Å². The lowest BCUT2D eigenvalue weighted by Gasteiger charge is -2.03. The Morgan fingerprint density at radius 3 is 2.50 bits per heavy atom. The minimum Gasteiger partial charge on any atom is -0.288 e. The van der Waals surface area contributed by atoms with E-state index in [1.54, 1.807) is 0 Å². The predicted molar refractivity (Wildman–Crippen MR) is 71.4 cm³/mol. The maximum atomic E-state index is 12.2. The Hall–Kier alpha value is -0.930. The van der Waals surface area contributed by atoms with Gasteiger partial charge in [-0.3, -0.25) is 4.79 Å². The number of benzene rings is 1. The predicted octanol–water partition coefficient (Wildman–Crippen LogP) is 4.36. The van der Waals surface area contributed by atoms with Crippen molar-refractivity contribution in [3.05, 3.63) is 55.7 Å². The van der Waals surface area contributed by atoms with Crippen LogP contribution < -0.4 is 0 Å². The average molecular weight is 295 g/mol. The van der Waals surface area contributed by atoms with E-state index < -0.39 is 0 Å². The maximum absolute atomic E-state index is 12.2. The van der Waals surface area contributed by atoms with Gasteiger partial charge in [-0.05, 0) is 58.4 Å². The quantitative estimate of drug-likeness (QED) is 0.752. The largest absolute Gasteiger partial charge is 0.288 e. The molecule has 0 unspecified atom stereocenters. The highest BCUT2D eigenvalue weighted by Crippen LogP contribution is 2.26. The van der Waals surface area contributed by atoms with E-state index in [1.807, 2.05) is 43.5 Å². The van der Waals surface area contributed by atoms with Crippen LogP contribution in [0.2, 0.25) is 0 Å². The molecule has 0 spiro atoms. The van der Waals surface area contributed by atoms with Crippen LogP contribution in [-0.2, 0) is 0 Å². The van der Waals surface area contributed by atoms with E-state index in [1.165, 1.54) is 16.9 Å². The van der Waals surface area contributed by atoms with Crippen LogP contribution in [0.5, 0.6) is 0 Å². The molecule has 0 fully saturated rings. The van der Waals surface area contributed by atoms with Gasteiger partial charge >= 0.3 is 0 Å². The smallest absolute Gasteiger partial charge is 0.204 e. The van der Waals surface area contributed by atoms with E-state index in [2.05, 4.69) is 15.9 Å². The average Bonchev–Trinajstić information content (AvgIpc) is 2.67. The van der Waals surface area contributed by atoms with Crippen LogP contribution in [0, 0.1) is 13.8 Å². The molecule has 0 radical (unpaired) electrons. The summed E-state index contributed by atoms with van der Waals surface area (Å²) in [6.45, 7) is 4.07. The molecule has 3 heteroatoms. The highest BCUT2D eigenvalue weighted by atomic mass is 79.9. The van der Waals surface area contributed by atoms with Gasteiger partial charge in [0.2, 0.25) is 5.78 Å². The fraction of sp³-hybridized carbons (Fsp3) is 0.154. The number of carbonyl (C=O) groups excluding carboxylic acids is 1. The molecular formula is C13H11BrOS. The molecule has 2 aromatic rings. The zero-order chi connectivity index (χ0) is 11.7. The third-order valence-corrected chi connectivity index (χ3v) is 4.43. The van der Waals surface area contributed by atoms with Crippen LogP contribution in [0.15, 0.2) is 34.1 Å². The van der Waals surface area contributed by atoms with Crippen molar-refractivity contribution >= 4 is 33.0 Å². The molecule has 0 bridgehead atoms. The molecule has 2 rings (SSSR count). The molecule has 82 valence electrons. The van der Waals surface area contributed by atoms with E-state index in [9.17, 15) is 4.79 Å². The number of halogens is 1. The second kappa shape index (κ2) is 4.52. The zero-order valence-electron chi connectivity index (χ0n) is 9.08. The number of carbonyl (C=O) groups is 1. The molecule has 0 aliphatic carbocycles. The number of rotatable bonds is 2. The summed E-state index contributed by atoms with van der Waals surface area (Å²) in [5, 5.41) is 1.92. The van der Waals surface area contributed by atoms with Gasteiger partial charge in [-0.25, -0.2) is 0 Å². The van der Waals surface area contributed by atoms with Crippen LogP contribution in [0.25, 0.3) is 0 Å². The summed E-state index contributed by atoms with van der Waals surface area (Å²) in [4.78, 5) is 12.9. The highest BCUT2D eigenvalue weighted by molar-refractivity contribution is 9.10. The summed E-state index contributed by atoms with van der Waals surface area (Å²) in [6.07, 6.45) is 0. The van der Waals surface area contributed by atoms with Gasteiger partial charge in [0.15, 0.2) is 0 Å². The van der Waals surface area contributed by atoms with Gasteiger partial charge in [-0.15, -0.1) is 11.3 Å². The Morgan fingerprint density at radius 1 is 1.19 bits per heavy atom. The van der Waals surface area contributed by atoms with Crippen molar-refractivity contribution in [2.75, 3.05) is 0 Å². The van der Waals surface area contributed by atoms with Crippen LogP contribution in [0.1, 0.15) is 26.4 Å². The summed E-state index contributed by atoms with van der Waals surface area (Å²) in [7, 11) is 0. The van der Waals surface area contributed by atoms with Crippen LogP contribution in [-0.4, -0.2) is 5.78 Å². The molecular weight excluding hydrogens is 284 g/mol. The second-order valence-electron chi connectivity index (χ2n) is 3.73. The Bertz CT molecular complexity index is 543. The standard InChI is InChI=1S/C13H11BrOS/c1-8-3-4-10(7-9(8)2)12(15)13-11(14)5-6-16-13/h3-7H,1-2H3. The first-order chi connectivity index (χ1) is 7.59. The fourth-order valence-electron chi connectivity index (χ4n) is 1.47. The molecule has 0 aliphatic heterocycles. The van der Waals surface area contributed by atoms with Crippen molar-refractivity contribution in [2.45, 2.75) is 13.8 Å². The molecule has 0 saturated carbocycles. The molecule has 1 heterocycles. The van der Waals surface area contributed by atoms with Gasteiger partial charge in [0, 0.05) is 10.0 Å². The summed E-state index contributed by atoms with van der Waals surface area (Å²) in [5.41, 5.74) is 3.12. The number of thiophene rings is 1. The topological polar surface area (TPSA) is 17.1 Å². The minimum absolute atomic E-state index is 0.0879. The Morgan fingerprint density at radius 2 is 1.94 bits per heavy atom. The Kier molecular flexibility index (Phi) is 3.26. The van der Waals surface area contributed by atoms with Gasteiger partial charge in [0.25, 0.3) is 0 Å². The zero-order valence-corrected chi connectivity index (χ0v) is 11.5. The monoisotopic (exact) mass is 294 g/mol. The third kappa shape index (κ3) is 2.11. The van der Waals surface area contributed by atoms with Crippen LogP contribution in [0.3, 0.4) is 0 Å². The second-order valence-corrected chi connectivity index (χ2v) is 5.50. The van der Waals surface area contributed by atoms with Gasteiger partial charge < -0.3 is 0 Å². The van der Waals surface area contributed by atoms with Crippen molar-refractivity contribution in [3.63, 3.8) is 0 Å². The van der Waals surface area contributed by atoms with E-state index in [4.69, 9.17) is 0 Å². The number of ketones is 1. The number of hydrogen-bond donors (Lipinski definition) is 0. The van der Waals surface area contributed by atoms with Crippen LogP contribution in [0.4, 0.5) is 0 Å². The lowest BCUT2D eigenvalue weighted by Crippen LogP contribution is -2.00. The summed E-state index contributed by atoms with van der Waals surface area (Å²) >= 11 is 4.85. The van der Waals surface area contributed by atoms with E-state index >= 15 is 0 Å². The van der Waals surface area contributed by atoms with Gasteiger partial charge in [0.1, 0.15) is 0 Å². The first-order valence-electron chi connectivity index (χ1n) is 4.94. The molecule has 1 nitrogen and oxygen atoms in total. The molecule has 0 atom stereocenters. The molecule has 16 heavy (non-hydrogen) atoms. The molecule has 1 aromatic heterocycles. The van der Waals surface area contributed by atoms with Crippen molar-refractivity contribution in [2.24, 2.45) is 0 Å². The molecule has 0 saturated heterocycles. The number of hydrogen-bond acceptors (Lipinski definition) is 2. The van der Waals surface area contributed by atoms with Crippen molar-refractivity contribution in [1.82, 2.24) is 0 Å². The highest BCUT2D eigenvalue weighted by Gasteiger charge is 2.14. The lowest BCUT2D eigenvalue weighted by molar-refractivity contribution is 0.104. The fourth-order valence-corrected chi connectivity index (χ4v) is 2.98. The maximum Gasteiger partial charge on any atom is 0.204 e. The normalized spacial score (nSPS) is 10.4. The molecule has 0 aliphatic rings. The first kappa shape index (κ1) is 11.6. The van der Waals surface area contributed by atoms with Crippen molar-refractivity contribution < 1.29 is 4.79 Å². The molecule has 0 amide bonds. The SMILES string of the molecule is Cc1ccc(C(=O)c2sccc2Br)cc1C. The van der Waals surface area contributed by atoms with E-state index in [0.717, 1.165) is 20.5 Å². The molecule has 1 aromatic carbocycles. The third-order valence-electron chi connectivity index (χ3n) is 2.59. The summed E-state index contributed by atoms with van der Waals surface area (Å²) in [5.74, 6) is 0.0879. The number of aryl methyl sites for hydroxylation is 2. The van der Waals surface area contributed by atoms with E-state index in [0.29, 0.717) is 0 Å². The minimum atomic E-state index is 0.0879. The first-order valence-corrected chi connectivity index (χ1v) is 6.62. The van der Waals surface area contributed by atoms with E-state index in [-0.39, 0.29) is 5.78 Å². The Labute approximate surface area is 107 Å². The van der Waals surface area contributed by atoms with Crippen LogP contribution >= 0.6 is 27.3 Å². The summed E-state index contributed by atoms with van der Waals surface area (Å²) < 4.78 is 0.876. The van der Waals surface area contributed by atoms with Crippen molar-refractivity contribution in [3.8, 4) is 0 Å². The lowest BCUT2D eigenvalue weighted by atomic mass is 10.0. The summed E-state index contributed by atoms with van der Waals surface area (Å²) in [6, 6.07) is 7.73. The molecule has 0 N–H and O–H groups in total. The van der Waals surface area contributed by atoms with Gasteiger partial charge in [0.05, 0.1) is 4.88 Å². The Balaban J connectivity index is 2.42.